The third kappa shape index (κ3) is 4.59. The molecule has 0 spiro atoms. The van der Waals surface area contributed by atoms with E-state index < -0.39 is 10.5 Å². The first-order valence-electron chi connectivity index (χ1n) is 8.87. The molecule has 8 heteroatoms. The van der Waals surface area contributed by atoms with Crippen LogP contribution in [0.15, 0.2) is 53.5 Å². The van der Waals surface area contributed by atoms with Crippen LogP contribution in [0.25, 0.3) is 0 Å². The minimum absolute atomic E-state index is 0.00179. The van der Waals surface area contributed by atoms with Crippen LogP contribution in [0.5, 0.6) is 0 Å². The van der Waals surface area contributed by atoms with E-state index >= 15 is 0 Å². The molecule has 142 valence electrons. The number of hydrogen-bond acceptors (Lipinski definition) is 5. The number of likely N-dealkylation sites (tertiary alicyclic amines) is 1. The Bertz CT molecular complexity index is 881. The van der Waals surface area contributed by atoms with Crippen molar-refractivity contribution in [2.24, 2.45) is 0 Å². The lowest BCUT2D eigenvalue weighted by atomic mass is 10.1. The zero-order valence-electron chi connectivity index (χ0n) is 15.1. The minimum Gasteiger partial charge on any atom is -0.350 e. The average molecular weight is 370 g/mol. The summed E-state index contributed by atoms with van der Waals surface area (Å²) in [5.74, 6) is -0.322. The SMILES string of the molecule is CC(c1ccccc1)N1CCC(NC(=O)Cn2cc([N+](=O)[O-])ccc2=O)C1. The van der Waals surface area contributed by atoms with Gasteiger partial charge >= 0.3 is 0 Å². The molecule has 1 amide bonds. The zero-order valence-corrected chi connectivity index (χ0v) is 15.1. The zero-order chi connectivity index (χ0) is 19.4. The highest BCUT2D eigenvalue weighted by molar-refractivity contribution is 5.76. The highest BCUT2D eigenvalue weighted by atomic mass is 16.6. The monoisotopic (exact) mass is 370 g/mol. The highest BCUT2D eigenvalue weighted by Gasteiger charge is 2.27. The Morgan fingerprint density at radius 2 is 2.04 bits per heavy atom. The Hall–Kier alpha value is -3.00. The van der Waals surface area contributed by atoms with Crippen molar-refractivity contribution in [2.75, 3.05) is 13.1 Å². The van der Waals surface area contributed by atoms with Crippen molar-refractivity contribution in [3.8, 4) is 0 Å². The normalized spacial score (nSPS) is 18.2. The number of benzene rings is 1. The van der Waals surface area contributed by atoms with Gasteiger partial charge in [-0.2, -0.15) is 0 Å². The molecule has 2 unspecified atom stereocenters. The molecule has 1 fully saturated rings. The van der Waals surface area contributed by atoms with Gasteiger partial charge in [0.15, 0.2) is 0 Å². The lowest BCUT2D eigenvalue weighted by Gasteiger charge is -2.24. The van der Waals surface area contributed by atoms with E-state index in [4.69, 9.17) is 0 Å². The summed E-state index contributed by atoms with van der Waals surface area (Å²) in [6.45, 7) is 3.51. The fraction of sp³-hybridized carbons (Fsp3) is 0.368. The molecular weight excluding hydrogens is 348 g/mol. The van der Waals surface area contributed by atoms with Gasteiger partial charge < -0.3 is 5.32 Å². The van der Waals surface area contributed by atoms with Crippen LogP contribution in [-0.2, 0) is 11.3 Å². The van der Waals surface area contributed by atoms with Gasteiger partial charge in [0.25, 0.3) is 11.2 Å². The van der Waals surface area contributed by atoms with E-state index in [9.17, 15) is 19.7 Å². The first kappa shape index (κ1) is 18.8. The number of rotatable bonds is 6. The van der Waals surface area contributed by atoms with Crippen molar-refractivity contribution in [1.29, 1.82) is 0 Å². The predicted molar refractivity (Wildman–Crippen MR) is 100 cm³/mol. The molecule has 0 aliphatic carbocycles. The van der Waals surface area contributed by atoms with E-state index in [2.05, 4.69) is 29.3 Å². The van der Waals surface area contributed by atoms with Crippen molar-refractivity contribution < 1.29 is 9.72 Å². The van der Waals surface area contributed by atoms with Crippen molar-refractivity contribution in [3.63, 3.8) is 0 Å². The molecule has 8 nitrogen and oxygen atoms in total. The summed E-state index contributed by atoms with van der Waals surface area (Å²) in [6.07, 6.45) is 1.92. The fourth-order valence-corrected chi connectivity index (χ4v) is 3.38. The van der Waals surface area contributed by atoms with Gasteiger partial charge in [0.05, 0.1) is 11.1 Å². The predicted octanol–water partition coefficient (Wildman–Crippen LogP) is 1.71. The maximum absolute atomic E-state index is 12.3. The Morgan fingerprint density at radius 1 is 1.30 bits per heavy atom. The van der Waals surface area contributed by atoms with Crippen LogP contribution in [0, 0.1) is 10.1 Å². The molecule has 1 saturated heterocycles. The molecule has 0 radical (unpaired) electrons. The van der Waals surface area contributed by atoms with Gasteiger partial charge in [-0.25, -0.2) is 0 Å². The molecule has 1 N–H and O–H groups in total. The molecule has 0 saturated carbocycles. The summed E-state index contributed by atoms with van der Waals surface area (Å²) in [4.78, 5) is 36.7. The van der Waals surface area contributed by atoms with Gasteiger partial charge in [-0.3, -0.25) is 29.2 Å². The molecule has 1 aromatic carbocycles. The van der Waals surface area contributed by atoms with Crippen LogP contribution in [0.1, 0.15) is 24.9 Å². The Labute approximate surface area is 156 Å². The van der Waals surface area contributed by atoms with Crippen molar-refractivity contribution in [3.05, 3.63) is 74.7 Å². The number of hydrogen-bond donors (Lipinski definition) is 1. The van der Waals surface area contributed by atoms with Crippen LogP contribution in [0.2, 0.25) is 0 Å². The minimum atomic E-state index is -0.590. The third-order valence-corrected chi connectivity index (χ3v) is 4.91. The fourth-order valence-electron chi connectivity index (χ4n) is 3.38. The van der Waals surface area contributed by atoms with E-state index in [1.807, 2.05) is 18.2 Å². The summed E-state index contributed by atoms with van der Waals surface area (Å²) in [6, 6.07) is 12.7. The Balaban J connectivity index is 1.57. The van der Waals surface area contributed by atoms with Gasteiger partial charge in [0, 0.05) is 37.3 Å². The summed E-state index contributed by atoms with van der Waals surface area (Å²) < 4.78 is 1.06. The topological polar surface area (TPSA) is 97.5 Å². The van der Waals surface area contributed by atoms with Crippen molar-refractivity contribution in [2.45, 2.75) is 32.0 Å². The maximum atomic E-state index is 12.3. The smallest absolute Gasteiger partial charge is 0.285 e. The molecule has 27 heavy (non-hydrogen) atoms. The van der Waals surface area contributed by atoms with Crippen LogP contribution in [0.4, 0.5) is 5.69 Å². The number of amides is 1. The van der Waals surface area contributed by atoms with Gasteiger partial charge in [-0.15, -0.1) is 0 Å². The van der Waals surface area contributed by atoms with Gasteiger partial charge in [0.2, 0.25) is 5.91 Å². The largest absolute Gasteiger partial charge is 0.350 e. The number of carbonyl (C=O) groups excluding carboxylic acids is 1. The van der Waals surface area contributed by atoms with E-state index in [0.29, 0.717) is 0 Å². The molecule has 0 bridgehead atoms. The number of carbonyl (C=O) groups is 1. The van der Waals surface area contributed by atoms with E-state index in [1.165, 1.54) is 5.56 Å². The van der Waals surface area contributed by atoms with E-state index in [-0.39, 0.29) is 30.2 Å². The van der Waals surface area contributed by atoms with E-state index in [1.54, 1.807) is 0 Å². The van der Waals surface area contributed by atoms with Gasteiger partial charge in [-0.1, -0.05) is 30.3 Å². The second-order valence-electron chi connectivity index (χ2n) is 6.75. The quantitative estimate of drug-likeness (QED) is 0.617. The van der Waals surface area contributed by atoms with Crippen LogP contribution < -0.4 is 10.9 Å². The number of aromatic nitrogens is 1. The highest BCUT2D eigenvalue weighted by Crippen LogP contribution is 2.24. The summed E-state index contributed by atoms with van der Waals surface area (Å²) >= 11 is 0. The molecule has 1 aromatic heterocycles. The van der Waals surface area contributed by atoms with E-state index in [0.717, 1.165) is 42.4 Å². The second kappa shape index (κ2) is 8.13. The Morgan fingerprint density at radius 3 is 2.74 bits per heavy atom. The molecule has 2 aromatic rings. The summed E-state index contributed by atoms with van der Waals surface area (Å²) in [7, 11) is 0. The maximum Gasteiger partial charge on any atom is 0.285 e. The summed E-state index contributed by atoms with van der Waals surface area (Å²) in [5.41, 5.74) is 0.570. The molecule has 1 aliphatic heterocycles. The average Bonchev–Trinajstić information content (AvgIpc) is 3.11. The van der Waals surface area contributed by atoms with Crippen molar-refractivity contribution in [1.82, 2.24) is 14.8 Å². The third-order valence-electron chi connectivity index (χ3n) is 4.91. The number of nitrogens with zero attached hydrogens (tertiary/aromatic N) is 3. The lowest BCUT2D eigenvalue weighted by molar-refractivity contribution is -0.385. The first-order valence-corrected chi connectivity index (χ1v) is 8.87. The standard InChI is InChI=1S/C19H22N4O4/c1-14(15-5-3-2-4-6-15)21-10-9-16(11-21)20-18(24)13-22-12-17(23(26)27)7-8-19(22)25/h2-8,12,14,16H,9-11,13H2,1H3,(H,20,24). The van der Waals surface area contributed by atoms with Gasteiger partial charge in [-0.05, 0) is 18.9 Å². The van der Waals surface area contributed by atoms with Crippen LogP contribution in [0.3, 0.4) is 0 Å². The Kier molecular flexibility index (Phi) is 5.66. The first-order chi connectivity index (χ1) is 12.9. The molecule has 2 heterocycles. The van der Waals surface area contributed by atoms with Crippen LogP contribution >= 0.6 is 0 Å². The number of nitrogens with one attached hydrogen (secondary N) is 1. The lowest BCUT2D eigenvalue weighted by Crippen LogP contribution is -2.40. The second-order valence-corrected chi connectivity index (χ2v) is 6.75. The molecule has 1 aliphatic rings. The number of nitro groups is 1. The van der Waals surface area contributed by atoms with Crippen molar-refractivity contribution >= 4 is 11.6 Å². The molecule has 3 rings (SSSR count). The molecular formula is C19H22N4O4. The molecule has 2 atom stereocenters. The van der Waals surface area contributed by atoms with Gasteiger partial charge in [0.1, 0.15) is 6.54 Å². The number of pyridine rings is 1. The summed E-state index contributed by atoms with van der Waals surface area (Å²) in [5, 5.41) is 13.8. The van der Waals surface area contributed by atoms with Crippen LogP contribution in [-0.4, -0.2) is 39.4 Å².